The molecule has 0 atom stereocenters. The number of aromatic nitrogens is 6. The summed E-state index contributed by atoms with van der Waals surface area (Å²) in [4.78, 5) is 43.7. The molecule has 0 unspecified atom stereocenters. The van der Waals surface area contributed by atoms with Gasteiger partial charge in [0.2, 0.25) is 5.82 Å². The fourth-order valence-corrected chi connectivity index (χ4v) is 5.16. The molecule has 47 heavy (non-hydrogen) atoms. The van der Waals surface area contributed by atoms with Crippen LogP contribution in [0.3, 0.4) is 0 Å². The number of benzene rings is 3. The van der Waals surface area contributed by atoms with Gasteiger partial charge in [0, 0.05) is 18.5 Å². The van der Waals surface area contributed by atoms with Gasteiger partial charge in [-0.2, -0.15) is 0 Å². The second-order valence-corrected chi connectivity index (χ2v) is 10.7. The summed E-state index contributed by atoms with van der Waals surface area (Å²) in [5.41, 5.74) is 5.18. The topological polar surface area (TPSA) is 166 Å². The van der Waals surface area contributed by atoms with E-state index in [0.717, 1.165) is 46.6 Å². The summed E-state index contributed by atoms with van der Waals surface area (Å²) >= 11 is 6.41. The molecule has 0 spiro atoms. The average molecular weight is 660 g/mol. The Morgan fingerprint density at radius 3 is 2.45 bits per heavy atom. The first-order valence-electron chi connectivity index (χ1n) is 14.7. The van der Waals surface area contributed by atoms with Gasteiger partial charge < -0.3 is 18.9 Å². The van der Waals surface area contributed by atoms with Gasteiger partial charge in [-0.05, 0) is 39.5 Å². The predicted molar refractivity (Wildman–Crippen MR) is 168 cm³/mol. The van der Waals surface area contributed by atoms with Gasteiger partial charge in [-0.25, -0.2) is 9.78 Å². The minimum absolute atomic E-state index is 0.0305. The zero-order valence-corrected chi connectivity index (χ0v) is 26.1. The smallest absolute Gasteiger partial charge is 0.454 e. The molecule has 2 aromatic heterocycles. The fraction of sp³-hybridized carbons (Fsp3) is 0.250. The monoisotopic (exact) mass is 659 g/mol. The molecule has 0 amide bonds. The fourth-order valence-electron chi connectivity index (χ4n) is 4.91. The van der Waals surface area contributed by atoms with E-state index >= 15 is 0 Å². The number of hydrogen-bond acceptors (Lipinski definition) is 11. The van der Waals surface area contributed by atoms with Gasteiger partial charge in [-0.15, -0.1) is 20.3 Å². The molecular weight excluding hydrogens is 630 g/mol. The maximum Gasteiger partial charge on any atom is 0.454 e. The van der Waals surface area contributed by atoms with Crippen molar-refractivity contribution >= 4 is 24.2 Å². The number of tetrazole rings is 1. The average Bonchev–Trinajstić information content (AvgIpc) is 3.69. The number of unbranched alkanes of at least 4 members (excludes halogenated alkanes) is 1. The Morgan fingerprint density at radius 1 is 0.979 bits per heavy atom. The van der Waals surface area contributed by atoms with Crippen LogP contribution in [-0.4, -0.2) is 47.4 Å². The van der Waals surface area contributed by atoms with Gasteiger partial charge in [-0.1, -0.05) is 103 Å². The summed E-state index contributed by atoms with van der Waals surface area (Å²) in [5, 5.41) is 22.1. The summed E-state index contributed by atoms with van der Waals surface area (Å²) < 4.78 is 12.3. The lowest BCUT2D eigenvalue weighted by molar-refractivity contribution is -0.763. The van der Waals surface area contributed by atoms with Crippen LogP contribution in [0.25, 0.3) is 22.5 Å². The highest BCUT2D eigenvalue weighted by Crippen LogP contribution is 2.30. The Kier molecular flexibility index (Phi) is 10.9. The van der Waals surface area contributed by atoms with Gasteiger partial charge >= 0.3 is 6.09 Å². The number of rotatable bonds is 15. The van der Waals surface area contributed by atoms with Crippen molar-refractivity contribution in [2.75, 3.05) is 0 Å². The quantitative estimate of drug-likeness (QED) is 0.0755. The SMILES string of the molecule is CCCCc1nc(Cl)c(COC=O)n1Cc1ccc(-c2ccccc2-c2nnn(C(=O)OCc3cccc(CO[N+](=O)[O-])c3)n2)cc1. The van der Waals surface area contributed by atoms with Gasteiger partial charge in [-0.3, -0.25) is 4.79 Å². The van der Waals surface area contributed by atoms with Crippen LogP contribution in [0.1, 0.15) is 48.0 Å². The Balaban J connectivity index is 1.29. The molecule has 15 heteroatoms. The highest BCUT2D eigenvalue weighted by Gasteiger charge is 2.18. The minimum atomic E-state index is -0.873. The van der Waals surface area contributed by atoms with Crippen LogP contribution in [0.15, 0.2) is 72.8 Å². The summed E-state index contributed by atoms with van der Waals surface area (Å²) in [7, 11) is 0. The number of aryl methyl sites for hydroxylation is 1. The van der Waals surface area contributed by atoms with Crippen molar-refractivity contribution < 1.29 is 29.0 Å². The number of carbonyl (C=O) groups is 2. The van der Waals surface area contributed by atoms with E-state index in [1.807, 2.05) is 53.1 Å². The molecule has 3 aromatic carbocycles. The molecule has 0 radical (unpaired) electrons. The first-order chi connectivity index (χ1) is 22.9. The van der Waals surface area contributed by atoms with E-state index in [0.29, 0.717) is 40.6 Å². The lowest BCUT2D eigenvalue weighted by atomic mass is 9.98. The highest BCUT2D eigenvalue weighted by molar-refractivity contribution is 6.30. The van der Waals surface area contributed by atoms with Crippen molar-refractivity contribution in [3.63, 3.8) is 0 Å². The molecule has 0 fully saturated rings. The van der Waals surface area contributed by atoms with E-state index in [-0.39, 0.29) is 25.6 Å². The number of carbonyl (C=O) groups excluding carboxylic acids is 2. The Bertz CT molecular complexity index is 1860. The number of halogens is 1. The van der Waals surface area contributed by atoms with Gasteiger partial charge in [0.1, 0.15) is 25.6 Å². The molecule has 5 aromatic rings. The summed E-state index contributed by atoms with van der Waals surface area (Å²) in [6.45, 7) is 2.69. The number of nitrogens with zero attached hydrogens (tertiary/aromatic N) is 7. The third-order valence-corrected chi connectivity index (χ3v) is 7.49. The number of imidazole rings is 1. The number of hydrogen-bond donors (Lipinski definition) is 0. The zero-order chi connectivity index (χ0) is 33.2. The molecule has 5 rings (SSSR count). The normalized spacial score (nSPS) is 10.9. The van der Waals surface area contributed by atoms with E-state index in [1.165, 1.54) is 0 Å². The van der Waals surface area contributed by atoms with Crippen molar-refractivity contribution in [1.82, 2.24) is 29.8 Å². The van der Waals surface area contributed by atoms with E-state index in [1.54, 1.807) is 24.3 Å². The largest absolute Gasteiger partial charge is 0.461 e. The Labute approximate surface area is 274 Å². The van der Waals surface area contributed by atoms with Gasteiger partial charge in [0.25, 0.3) is 11.6 Å². The second kappa shape index (κ2) is 15.6. The molecule has 0 N–H and O–H groups in total. The van der Waals surface area contributed by atoms with Crippen molar-refractivity contribution in [3.05, 3.63) is 116 Å². The molecule has 0 aliphatic carbocycles. The van der Waals surface area contributed by atoms with E-state index in [2.05, 4.69) is 32.2 Å². The summed E-state index contributed by atoms with van der Waals surface area (Å²) in [5.74, 6) is 1.06. The minimum Gasteiger partial charge on any atom is -0.461 e. The molecule has 14 nitrogen and oxygen atoms in total. The number of ether oxygens (including phenoxy) is 2. The maximum atomic E-state index is 12.7. The first kappa shape index (κ1) is 32.8. The maximum absolute atomic E-state index is 12.7. The summed E-state index contributed by atoms with van der Waals surface area (Å²) in [6, 6.07) is 22.1. The molecule has 0 aliphatic heterocycles. The van der Waals surface area contributed by atoms with Crippen LogP contribution in [0.2, 0.25) is 5.15 Å². The molecule has 242 valence electrons. The molecule has 0 saturated heterocycles. The lowest BCUT2D eigenvalue weighted by Gasteiger charge is -2.13. The van der Waals surface area contributed by atoms with Crippen LogP contribution >= 0.6 is 11.6 Å². The molecule has 2 heterocycles. The molecule has 0 bridgehead atoms. The van der Waals surface area contributed by atoms with E-state index < -0.39 is 11.2 Å². The Morgan fingerprint density at radius 2 is 1.72 bits per heavy atom. The van der Waals surface area contributed by atoms with Crippen LogP contribution in [0.5, 0.6) is 0 Å². The highest BCUT2D eigenvalue weighted by atomic mass is 35.5. The van der Waals surface area contributed by atoms with Crippen molar-refractivity contribution in [2.45, 2.75) is 52.6 Å². The predicted octanol–water partition coefficient (Wildman–Crippen LogP) is 5.81. The Hall–Kier alpha value is -5.63. The van der Waals surface area contributed by atoms with Crippen molar-refractivity contribution in [1.29, 1.82) is 0 Å². The molecular formula is C32H30ClN7O7. The zero-order valence-electron chi connectivity index (χ0n) is 25.3. The first-order valence-corrected chi connectivity index (χ1v) is 15.0. The van der Waals surface area contributed by atoms with Crippen LogP contribution < -0.4 is 0 Å². The summed E-state index contributed by atoms with van der Waals surface area (Å²) in [6.07, 6.45) is 1.86. The van der Waals surface area contributed by atoms with Crippen LogP contribution in [0, 0.1) is 10.1 Å². The second-order valence-electron chi connectivity index (χ2n) is 10.4. The van der Waals surface area contributed by atoms with Gasteiger partial charge in [0.05, 0.1) is 5.69 Å². The van der Waals surface area contributed by atoms with E-state index in [9.17, 15) is 19.7 Å². The van der Waals surface area contributed by atoms with Crippen LogP contribution in [0.4, 0.5) is 4.79 Å². The van der Waals surface area contributed by atoms with Gasteiger partial charge in [0.15, 0.2) is 5.15 Å². The van der Waals surface area contributed by atoms with Crippen molar-refractivity contribution in [2.24, 2.45) is 0 Å². The third-order valence-electron chi connectivity index (χ3n) is 7.19. The molecule has 0 saturated carbocycles. The molecule has 0 aliphatic rings. The van der Waals surface area contributed by atoms with Crippen LogP contribution in [-0.2, 0) is 51.9 Å². The van der Waals surface area contributed by atoms with E-state index in [4.69, 9.17) is 21.1 Å². The third kappa shape index (κ3) is 8.35. The van der Waals surface area contributed by atoms with Crippen molar-refractivity contribution in [3.8, 4) is 22.5 Å². The lowest BCUT2D eigenvalue weighted by Crippen LogP contribution is -2.17. The standard InChI is InChI=1S/C32H30ClN7O7/c1-2-3-11-29-34-30(33)28(20-45-21-41)38(29)17-22-12-14-25(15-13-22)26-9-4-5-10-27(26)31-35-37-39(36-31)32(42)46-18-23-7-6-8-24(16-23)19-47-40(43)44/h4-10,12-16,21H,2-3,11,17-20H2,1H3.